The number of carbonyl (C=O) groups is 3. The Morgan fingerprint density at radius 2 is 1.59 bits per heavy atom. The number of urea groups is 1. The molecule has 4 amide bonds. The summed E-state index contributed by atoms with van der Waals surface area (Å²) in [6.07, 6.45) is 4.44. The zero-order valence-electron chi connectivity index (χ0n) is 16.3. The maximum Gasteiger partial charge on any atom is 0.325 e. The van der Waals surface area contributed by atoms with Gasteiger partial charge in [-0.05, 0) is 36.1 Å². The summed E-state index contributed by atoms with van der Waals surface area (Å²) in [7, 11) is 0. The van der Waals surface area contributed by atoms with Gasteiger partial charge in [-0.15, -0.1) is 0 Å². The number of anilines is 1. The van der Waals surface area contributed by atoms with E-state index in [0.29, 0.717) is 18.5 Å². The van der Waals surface area contributed by atoms with Gasteiger partial charge in [-0.25, -0.2) is 4.79 Å². The molecule has 29 heavy (non-hydrogen) atoms. The van der Waals surface area contributed by atoms with Crippen LogP contribution in [0.1, 0.15) is 38.5 Å². The summed E-state index contributed by atoms with van der Waals surface area (Å²) in [4.78, 5) is 38.5. The maximum absolute atomic E-state index is 12.7. The maximum atomic E-state index is 12.7. The molecule has 1 aliphatic carbocycles. The molecule has 2 aromatic carbocycles. The molecule has 6 nitrogen and oxygen atoms in total. The van der Waals surface area contributed by atoms with Crippen LogP contribution >= 0.6 is 0 Å². The van der Waals surface area contributed by atoms with Crippen LogP contribution in [0.3, 0.4) is 0 Å². The Kier molecular flexibility index (Phi) is 5.34. The summed E-state index contributed by atoms with van der Waals surface area (Å²) < 4.78 is 0. The lowest BCUT2D eigenvalue weighted by Crippen LogP contribution is -2.48. The van der Waals surface area contributed by atoms with Crippen LogP contribution in [0.2, 0.25) is 0 Å². The highest BCUT2D eigenvalue weighted by atomic mass is 16.2. The molecule has 6 heteroatoms. The number of amides is 4. The Hall–Kier alpha value is -3.15. The van der Waals surface area contributed by atoms with Gasteiger partial charge in [-0.3, -0.25) is 14.5 Å². The molecule has 1 saturated carbocycles. The second-order valence-corrected chi connectivity index (χ2v) is 7.77. The highest BCUT2D eigenvalue weighted by molar-refractivity contribution is 6.07. The minimum Gasteiger partial charge on any atom is -0.326 e. The number of hydrogen-bond acceptors (Lipinski definition) is 3. The molecule has 0 aromatic heterocycles. The number of imide groups is 1. The van der Waals surface area contributed by atoms with Crippen molar-refractivity contribution < 1.29 is 14.4 Å². The molecule has 1 aliphatic heterocycles. The average Bonchev–Trinajstić information content (AvgIpc) is 2.97. The molecule has 0 bridgehead atoms. The molecule has 2 N–H and O–H groups in total. The Labute approximate surface area is 170 Å². The fourth-order valence-electron chi connectivity index (χ4n) is 4.19. The zero-order valence-corrected chi connectivity index (χ0v) is 16.3. The predicted octanol–water partition coefficient (Wildman–Crippen LogP) is 3.94. The van der Waals surface area contributed by atoms with Crippen LogP contribution in [-0.4, -0.2) is 34.8 Å². The van der Waals surface area contributed by atoms with Crippen molar-refractivity contribution in [1.29, 1.82) is 0 Å². The van der Waals surface area contributed by atoms with E-state index in [1.165, 1.54) is 4.90 Å². The molecule has 1 spiro atoms. The van der Waals surface area contributed by atoms with Gasteiger partial charge in [0.2, 0.25) is 5.91 Å². The van der Waals surface area contributed by atoms with Crippen molar-refractivity contribution in [3.8, 4) is 11.1 Å². The van der Waals surface area contributed by atoms with E-state index in [1.54, 1.807) is 0 Å². The molecular formula is C23H25N3O3. The minimum absolute atomic E-state index is 0.0790. The van der Waals surface area contributed by atoms with Gasteiger partial charge in [-0.1, -0.05) is 61.7 Å². The van der Waals surface area contributed by atoms with Crippen LogP contribution in [-0.2, 0) is 9.59 Å². The predicted molar refractivity (Wildman–Crippen MR) is 111 cm³/mol. The number of carbonyl (C=O) groups excluding carboxylic acids is 3. The summed E-state index contributed by atoms with van der Waals surface area (Å²) in [5.41, 5.74) is 2.14. The van der Waals surface area contributed by atoms with Crippen molar-refractivity contribution in [2.24, 2.45) is 0 Å². The summed E-state index contributed by atoms with van der Waals surface area (Å²) in [6.45, 7) is 0.0976. The quantitative estimate of drug-likeness (QED) is 0.758. The third-order valence-corrected chi connectivity index (χ3v) is 5.79. The highest BCUT2D eigenvalue weighted by Crippen LogP contribution is 2.33. The van der Waals surface area contributed by atoms with Crippen molar-refractivity contribution in [2.45, 2.75) is 44.1 Å². The van der Waals surface area contributed by atoms with Gasteiger partial charge in [0.15, 0.2) is 0 Å². The lowest BCUT2D eigenvalue weighted by Gasteiger charge is -2.30. The molecule has 2 aromatic rings. The van der Waals surface area contributed by atoms with Crippen LogP contribution in [0.4, 0.5) is 10.5 Å². The molecule has 0 unspecified atom stereocenters. The molecule has 1 saturated heterocycles. The van der Waals surface area contributed by atoms with Gasteiger partial charge in [0, 0.05) is 18.7 Å². The third kappa shape index (κ3) is 4.01. The van der Waals surface area contributed by atoms with Crippen molar-refractivity contribution in [1.82, 2.24) is 10.2 Å². The highest BCUT2D eigenvalue weighted by Gasteiger charge is 2.50. The van der Waals surface area contributed by atoms with Crippen LogP contribution < -0.4 is 10.6 Å². The normalized spacial score (nSPS) is 18.0. The zero-order chi connectivity index (χ0) is 20.3. The number of nitrogens with zero attached hydrogens (tertiary/aromatic N) is 1. The van der Waals surface area contributed by atoms with Crippen molar-refractivity contribution >= 4 is 23.5 Å². The second kappa shape index (κ2) is 8.07. The van der Waals surface area contributed by atoms with Crippen LogP contribution in [0, 0.1) is 0 Å². The molecule has 2 fully saturated rings. The average molecular weight is 391 g/mol. The van der Waals surface area contributed by atoms with E-state index in [1.807, 2.05) is 54.6 Å². The SMILES string of the molecule is O=C(CCN1C(=O)NC2(CCCCC2)C1=O)Nc1ccc(-c2ccccc2)cc1. The van der Waals surface area contributed by atoms with E-state index in [4.69, 9.17) is 0 Å². The molecular weight excluding hydrogens is 366 g/mol. The Morgan fingerprint density at radius 3 is 2.28 bits per heavy atom. The van der Waals surface area contributed by atoms with Gasteiger partial charge >= 0.3 is 6.03 Å². The minimum atomic E-state index is -0.737. The summed E-state index contributed by atoms with van der Waals surface area (Å²) in [5.74, 6) is -0.398. The Bertz CT molecular complexity index is 903. The fraction of sp³-hybridized carbons (Fsp3) is 0.348. The Morgan fingerprint density at radius 1 is 0.931 bits per heavy atom. The molecule has 2 aliphatic rings. The van der Waals surface area contributed by atoms with Crippen molar-refractivity contribution in [2.75, 3.05) is 11.9 Å². The number of hydrogen-bond donors (Lipinski definition) is 2. The fourth-order valence-corrected chi connectivity index (χ4v) is 4.19. The first-order valence-corrected chi connectivity index (χ1v) is 10.2. The third-order valence-electron chi connectivity index (χ3n) is 5.79. The van der Waals surface area contributed by atoms with E-state index < -0.39 is 5.54 Å². The number of nitrogens with one attached hydrogen (secondary N) is 2. The van der Waals surface area contributed by atoms with E-state index in [0.717, 1.165) is 30.4 Å². The smallest absolute Gasteiger partial charge is 0.325 e. The van der Waals surface area contributed by atoms with Gasteiger partial charge in [-0.2, -0.15) is 0 Å². The van der Waals surface area contributed by atoms with Gasteiger partial charge in [0.05, 0.1) is 0 Å². The monoisotopic (exact) mass is 391 g/mol. The van der Waals surface area contributed by atoms with Gasteiger partial charge in [0.25, 0.3) is 5.91 Å². The second-order valence-electron chi connectivity index (χ2n) is 7.77. The van der Waals surface area contributed by atoms with Crippen molar-refractivity contribution in [3.05, 3.63) is 54.6 Å². The first kappa shape index (κ1) is 19.2. The molecule has 1 heterocycles. The molecule has 4 rings (SSSR count). The number of rotatable bonds is 5. The van der Waals surface area contributed by atoms with Gasteiger partial charge < -0.3 is 10.6 Å². The van der Waals surface area contributed by atoms with Crippen LogP contribution in [0.15, 0.2) is 54.6 Å². The molecule has 150 valence electrons. The van der Waals surface area contributed by atoms with Crippen LogP contribution in [0.25, 0.3) is 11.1 Å². The summed E-state index contributed by atoms with van der Waals surface area (Å²) in [6, 6.07) is 17.2. The van der Waals surface area contributed by atoms with E-state index >= 15 is 0 Å². The summed E-state index contributed by atoms with van der Waals surface area (Å²) >= 11 is 0. The van der Waals surface area contributed by atoms with Crippen molar-refractivity contribution in [3.63, 3.8) is 0 Å². The topological polar surface area (TPSA) is 78.5 Å². The van der Waals surface area contributed by atoms with E-state index in [2.05, 4.69) is 10.6 Å². The Balaban J connectivity index is 1.32. The lowest BCUT2D eigenvalue weighted by atomic mass is 9.82. The lowest BCUT2D eigenvalue weighted by molar-refractivity contribution is -0.132. The van der Waals surface area contributed by atoms with Gasteiger partial charge in [0.1, 0.15) is 5.54 Å². The first-order chi connectivity index (χ1) is 14.1. The largest absolute Gasteiger partial charge is 0.326 e. The standard InChI is InChI=1S/C23H25N3O3/c27-20(24-19-11-9-18(10-12-19)17-7-3-1-4-8-17)13-16-26-21(28)23(25-22(26)29)14-5-2-6-15-23/h1,3-4,7-12H,2,5-6,13-16H2,(H,24,27)(H,25,29). The molecule has 0 atom stereocenters. The summed E-state index contributed by atoms with van der Waals surface area (Å²) in [5, 5.41) is 5.71. The first-order valence-electron chi connectivity index (χ1n) is 10.2. The van der Waals surface area contributed by atoms with E-state index in [9.17, 15) is 14.4 Å². The van der Waals surface area contributed by atoms with E-state index in [-0.39, 0.29) is 30.8 Å². The number of benzene rings is 2. The van der Waals surface area contributed by atoms with Crippen LogP contribution in [0.5, 0.6) is 0 Å². The molecule has 0 radical (unpaired) electrons.